The number of amides is 1. The van der Waals surface area contributed by atoms with Crippen LogP contribution in [0.1, 0.15) is 15.9 Å². The van der Waals surface area contributed by atoms with Gasteiger partial charge in [0.15, 0.2) is 11.5 Å². The Hall–Kier alpha value is -3.59. The van der Waals surface area contributed by atoms with Gasteiger partial charge < -0.3 is 28.9 Å². The number of carbonyl (C=O) groups is 1. The van der Waals surface area contributed by atoms with Crippen molar-refractivity contribution in [3.63, 3.8) is 0 Å². The highest BCUT2D eigenvalue weighted by Gasteiger charge is 2.24. The molecule has 9 heteroatoms. The van der Waals surface area contributed by atoms with E-state index in [0.717, 1.165) is 10.9 Å². The molecule has 0 N–H and O–H groups in total. The first kappa shape index (κ1) is 26.0. The molecule has 0 aliphatic carbocycles. The molecule has 188 valence electrons. The Bertz CT molecular complexity index is 1200. The summed E-state index contributed by atoms with van der Waals surface area (Å²) in [5, 5.41) is 0.719. The van der Waals surface area contributed by atoms with Crippen LogP contribution >= 0.6 is 0 Å². The summed E-state index contributed by atoms with van der Waals surface area (Å²) in [6, 6.07) is 9.77. The predicted octanol–water partition coefficient (Wildman–Crippen LogP) is 3.67. The molecule has 0 saturated heterocycles. The number of aromatic nitrogens is 1. The van der Waals surface area contributed by atoms with E-state index in [2.05, 4.69) is 0 Å². The van der Waals surface area contributed by atoms with Crippen LogP contribution in [0.3, 0.4) is 0 Å². The third-order valence-electron chi connectivity index (χ3n) is 5.67. The normalized spacial score (nSPS) is 11.0. The molecule has 0 radical (unpaired) electrons. The molecule has 3 aromatic rings. The lowest BCUT2D eigenvalue weighted by atomic mass is 10.1. The molecule has 0 fully saturated rings. The van der Waals surface area contributed by atoms with Gasteiger partial charge in [-0.1, -0.05) is 12.1 Å². The van der Waals surface area contributed by atoms with Crippen molar-refractivity contribution in [3.05, 3.63) is 53.3 Å². The monoisotopic (exact) mass is 484 g/mol. The minimum atomic E-state index is -0.546. The first-order valence-corrected chi connectivity index (χ1v) is 11.2. The molecule has 0 spiro atoms. The molecule has 0 unspecified atom stereocenters. The Balaban J connectivity index is 2.15. The molecule has 35 heavy (non-hydrogen) atoms. The van der Waals surface area contributed by atoms with Gasteiger partial charge in [0.05, 0.1) is 32.4 Å². The number of likely N-dealkylation sites (N-methyl/N-ethyl adjacent to an activating group) is 1. The molecule has 2 aromatic carbocycles. The van der Waals surface area contributed by atoms with Crippen LogP contribution in [0.25, 0.3) is 10.9 Å². The van der Waals surface area contributed by atoms with E-state index < -0.39 is 5.82 Å². The Labute approximate surface area is 205 Å². The minimum absolute atomic E-state index is 0.0374. The second kappa shape index (κ2) is 11.2. The molecule has 8 nitrogen and oxygen atoms in total. The van der Waals surface area contributed by atoms with Gasteiger partial charge in [0, 0.05) is 50.7 Å². The molecule has 0 saturated carbocycles. The lowest BCUT2D eigenvalue weighted by molar-refractivity contribution is 0.0727. The van der Waals surface area contributed by atoms with Gasteiger partial charge in [0.25, 0.3) is 5.91 Å². The lowest BCUT2D eigenvalue weighted by Gasteiger charge is -2.27. The van der Waals surface area contributed by atoms with Gasteiger partial charge in [0.2, 0.25) is 5.75 Å². The summed E-state index contributed by atoms with van der Waals surface area (Å²) >= 11 is 0. The third kappa shape index (κ3) is 5.57. The second-order valence-corrected chi connectivity index (χ2v) is 8.59. The molecule has 0 aliphatic heterocycles. The van der Waals surface area contributed by atoms with Gasteiger partial charge in [0.1, 0.15) is 11.6 Å². The van der Waals surface area contributed by atoms with Crippen molar-refractivity contribution in [3.8, 4) is 17.2 Å². The second-order valence-electron chi connectivity index (χ2n) is 8.59. The summed E-state index contributed by atoms with van der Waals surface area (Å²) in [5.74, 6) is 1.21. The van der Waals surface area contributed by atoms with Gasteiger partial charge in [-0.3, -0.25) is 4.79 Å². The van der Waals surface area contributed by atoms with E-state index in [1.807, 2.05) is 44.1 Å². The van der Waals surface area contributed by atoms with E-state index >= 15 is 0 Å². The Morgan fingerprint density at radius 3 is 2.20 bits per heavy atom. The third-order valence-corrected chi connectivity index (χ3v) is 5.67. The number of ether oxygens (including phenoxy) is 3. The quantitative estimate of drug-likeness (QED) is 0.435. The predicted molar refractivity (Wildman–Crippen MR) is 135 cm³/mol. The van der Waals surface area contributed by atoms with Crippen LogP contribution in [0.5, 0.6) is 17.2 Å². The number of benzene rings is 2. The minimum Gasteiger partial charge on any atom is -0.493 e. The summed E-state index contributed by atoms with van der Waals surface area (Å²) in [6.07, 6.45) is 0. The number of carbonyl (C=O) groups excluding carboxylic acids is 1. The standard InChI is InChI=1S/C26H33FN4O4/c1-29(2)12-13-31(26(32)18-10-8-9-11-20(18)27)16-17-14-19-21(28-25(17)30(3)4)15-22(33-5)24(35-7)23(19)34-6/h8-11,14-15H,12-13,16H2,1-7H3. The molecule has 3 rings (SSSR count). The van der Waals surface area contributed by atoms with Crippen LogP contribution in [0.2, 0.25) is 0 Å². The highest BCUT2D eigenvalue weighted by molar-refractivity contribution is 5.95. The Morgan fingerprint density at radius 1 is 0.943 bits per heavy atom. The van der Waals surface area contributed by atoms with E-state index in [9.17, 15) is 9.18 Å². The summed E-state index contributed by atoms with van der Waals surface area (Å²) < 4.78 is 31.2. The molecule has 1 heterocycles. The summed E-state index contributed by atoms with van der Waals surface area (Å²) in [6.45, 7) is 1.26. The highest BCUT2D eigenvalue weighted by atomic mass is 19.1. The smallest absolute Gasteiger partial charge is 0.257 e. The van der Waals surface area contributed by atoms with Crippen molar-refractivity contribution in [2.45, 2.75) is 6.54 Å². The number of rotatable bonds is 10. The molecule has 1 amide bonds. The number of methoxy groups -OCH3 is 3. The van der Waals surface area contributed by atoms with Crippen molar-refractivity contribution >= 4 is 22.6 Å². The zero-order chi connectivity index (χ0) is 25.7. The van der Waals surface area contributed by atoms with Crippen molar-refractivity contribution in [2.75, 3.05) is 67.5 Å². The fourth-order valence-corrected chi connectivity index (χ4v) is 3.91. The summed E-state index contributed by atoms with van der Waals surface area (Å²) in [4.78, 5) is 23.8. The molecular formula is C26H33FN4O4. The van der Waals surface area contributed by atoms with Gasteiger partial charge in [-0.05, 0) is 32.3 Å². The fourth-order valence-electron chi connectivity index (χ4n) is 3.91. The number of hydrogen-bond donors (Lipinski definition) is 0. The van der Waals surface area contributed by atoms with Crippen LogP contribution in [-0.4, -0.2) is 83.3 Å². The van der Waals surface area contributed by atoms with Crippen molar-refractivity contribution in [2.24, 2.45) is 0 Å². The number of nitrogens with zero attached hydrogens (tertiary/aromatic N) is 4. The van der Waals surface area contributed by atoms with Crippen molar-refractivity contribution < 1.29 is 23.4 Å². The van der Waals surface area contributed by atoms with E-state index in [1.54, 1.807) is 44.4 Å². The maximum absolute atomic E-state index is 14.5. The first-order chi connectivity index (χ1) is 16.7. The van der Waals surface area contributed by atoms with Crippen LogP contribution < -0.4 is 19.1 Å². The van der Waals surface area contributed by atoms with Crippen molar-refractivity contribution in [1.29, 1.82) is 0 Å². The zero-order valence-corrected chi connectivity index (χ0v) is 21.4. The number of halogens is 1. The van der Waals surface area contributed by atoms with Gasteiger partial charge in [-0.15, -0.1) is 0 Å². The fraction of sp³-hybridized carbons (Fsp3) is 0.385. The van der Waals surface area contributed by atoms with E-state index in [0.29, 0.717) is 41.7 Å². The highest BCUT2D eigenvalue weighted by Crippen LogP contribution is 2.44. The van der Waals surface area contributed by atoms with Gasteiger partial charge >= 0.3 is 0 Å². The lowest BCUT2D eigenvalue weighted by Crippen LogP contribution is -2.37. The zero-order valence-electron chi connectivity index (χ0n) is 21.4. The van der Waals surface area contributed by atoms with E-state index in [-0.39, 0.29) is 18.0 Å². The Morgan fingerprint density at radius 2 is 1.63 bits per heavy atom. The topological polar surface area (TPSA) is 67.4 Å². The number of fused-ring (bicyclic) bond motifs is 1. The molecule has 0 atom stereocenters. The average Bonchev–Trinajstić information content (AvgIpc) is 2.84. The summed E-state index contributed by atoms with van der Waals surface area (Å²) in [5.41, 5.74) is 1.49. The largest absolute Gasteiger partial charge is 0.493 e. The molecular weight excluding hydrogens is 451 g/mol. The number of hydrogen-bond acceptors (Lipinski definition) is 7. The maximum atomic E-state index is 14.5. The van der Waals surface area contributed by atoms with E-state index in [4.69, 9.17) is 19.2 Å². The van der Waals surface area contributed by atoms with Crippen LogP contribution in [-0.2, 0) is 6.54 Å². The SMILES string of the molecule is COc1cc2nc(N(C)C)c(CN(CCN(C)C)C(=O)c3ccccc3F)cc2c(OC)c1OC. The average molecular weight is 485 g/mol. The first-order valence-electron chi connectivity index (χ1n) is 11.2. The molecule has 0 aliphatic rings. The Kier molecular flexibility index (Phi) is 8.34. The number of pyridine rings is 1. The van der Waals surface area contributed by atoms with E-state index in [1.165, 1.54) is 12.1 Å². The van der Waals surface area contributed by atoms with Crippen molar-refractivity contribution in [1.82, 2.24) is 14.8 Å². The summed E-state index contributed by atoms with van der Waals surface area (Å²) in [7, 11) is 12.3. The number of anilines is 1. The van der Waals surface area contributed by atoms with Crippen LogP contribution in [0.15, 0.2) is 36.4 Å². The molecule has 1 aromatic heterocycles. The maximum Gasteiger partial charge on any atom is 0.257 e. The van der Waals surface area contributed by atoms with Crippen LogP contribution in [0, 0.1) is 5.82 Å². The van der Waals surface area contributed by atoms with Crippen LogP contribution in [0.4, 0.5) is 10.2 Å². The van der Waals surface area contributed by atoms with Gasteiger partial charge in [-0.2, -0.15) is 0 Å². The molecule has 0 bridgehead atoms. The van der Waals surface area contributed by atoms with Gasteiger partial charge in [-0.25, -0.2) is 9.37 Å².